The van der Waals surface area contributed by atoms with Crippen molar-refractivity contribution in [2.75, 3.05) is 6.61 Å². The fourth-order valence-corrected chi connectivity index (χ4v) is 2.93. The molecule has 108 valence electrons. The van der Waals surface area contributed by atoms with Crippen LogP contribution in [0, 0.1) is 0 Å². The molecule has 0 bridgehead atoms. The quantitative estimate of drug-likeness (QED) is 0.515. The molecule has 0 atom stereocenters. The summed E-state index contributed by atoms with van der Waals surface area (Å²) in [5.41, 5.74) is 0.225. The summed E-state index contributed by atoms with van der Waals surface area (Å²) >= 11 is 0. The molecule has 0 aliphatic carbocycles. The van der Waals surface area contributed by atoms with E-state index in [9.17, 15) is 16.8 Å². The van der Waals surface area contributed by atoms with Gasteiger partial charge in [0, 0.05) is 6.61 Å². The molecule has 0 aliphatic heterocycles. The van der Waals surface area contributed by atoms with Crippen molar-refractivity contribution < 1.29 is 31.0 Å². The highest BCUT2D eigenvalue weighted by molar-refractivity contribution is 7.86. The minimum Gasteiger partial charge on any atom is -0.396 e. The molecule has 1 aromatic rings. The maximum Gasteiger partial charge on any atom is 0.294 e. The number of rotatable bonds is 6. The maximum atomic E-state index is 11.2. The third-order valence-corrected chi connectivity index (χ3v) is 4.25. The van der Waals surface area contributed by atoms with Crippen molar-refractivity contribution in [3.8, 4) is 0 Å². The smallest absolute Gasteiger partial charge is 0.294 e. The number of hydrogen-bond donors (Lipinski definition) is 3. The lowest BCUT2D eigenvalue weighted by Crippen LogP contribution is -2.07. The molecule has 0 heterocycles. The molecule has 0 spiro atoms. The van der Waals surface area contributed by atoms with Crippen LogP contribution in [-0.4, -0.2) is 37.7 Å². The summed E-state index contributed by atoms with van der Waals surface area (Å²) in [4.78, 5) is -1.16. The topological polar surface area (TPSA) is 129 Å². The molecular weight excluding hydrogens is 296 g/mol. The number of hydrogen-bond acceptors (Lipinski definition) is 5. The Morgan fingerprint density at radius 1 is 0.947 bits per heavy atom. The number of aliphatic hydroxyl groups excluding tert-OH is 1. The molecule has 0 saturated heterocycles. The number of benzene rings is 1. The SMILES string of the molecule is O=S(=O)(O)c1ccc(CCCCO)c(S(=O)(=O)O)c1. The Balaban J connectivity index is 3.26. The van der Waals surface area contributed by atoms with E-state index in [1.807, 2.05) is 0 Å². The summed E-state index contributed by atoms with van der Waals surface area (Å²) < 4.78 is 62.2. The van der Waals surface area contributed by atoms with Crippen LogP contribution in [-0.2, 0) is 26.7 Å². The van der Waals surface area contributed by atoms with Crippen LogP contribution in [0.4, 0.5) is 0 Å². The maximum absolute atomic E-state index is 11.2. The lowest BCUT2D eigenvalue weighted by Gasteiger charge is -2.08. The Hall–Kier alpha value is -1.00. The van der Waals surface area contributed by atoms with Gasteiger partial charge in [-0.15, -0.1) is 0 Å². The predicted octanol–water partition coefficient (Wildman–Crippen LogP) is 0.495. The van der Waals surface area contributed by atoms with Gasteiger partial charge in [0.2, 0.25) is 0 Å². The lowest BCUT2D eigenvalue weighted by atomic mass is 10.1. The van der Waals surface area contributed by atoms with Gasteiger partial charge in [-0.3, -0.25) is 9.11 Å². The first kappa shape index (κ1) is 16.1. The Kier molecular flexibility index (Phi) is 5.04. The van der Waals surface area contributed by atoms with Crippen molar-refractivity contribution in [1.82, 2.24) is 0 Å². The fourth-order valence-electron chi connectivity index (χ4n) is 1.57. The Labute approximate surface area is 111 Å². The third-order valence-electron chi connectivity index (χ3n) is 2.47. The van der Waals surface area contributed by atoms with Crippen LogP contribution in [0.2, 0.25) is 0 Å². The van der Waals surface area contributed by atoms with E-state index in [-0.39, 0.29) is 18.6 Å². The first-order valence-electron chi connectivity index (χ1n) is 5.35. The van der Waals surface area contributed by atoms with Gasteiger partial charge in [-0.05, 0) is 37.0 Å². The van der Waals surface area contributed by atoms with E-state index in [1.165, 1.54) is 6.07 Å². The Bertz CT molecular complexity index is 646. The van der Waals surface area contributed by atoms with Gasteiger partial charge in [0.1, 0.15) is 0 Å². The average molecular weight is 310 g/mol. The zero-order valence-electron chi connectivity index (χ0n) is 9.85. The number of aliphatic hydroxyl groups is 1. The Morgan fingerprint density at radius 2 is 1.58 bits per heavy atom. The highest BCUT2D eigenvalue weighted by atomic mass is 32.2. The van der Waals surface area contributed by atoms with E-state index in [4.69, 9.17) is 14.2 Å². The summed E-state index contributed by atoms with van der Waals surface area (Å²) in [7, 11) is -9.13. The van der Waals surface area contributed by atoms with Crippen LogP contribution >= 0.6 is 0 Å². The molecule has 9 heteroatoms. The molecule has 0 aliphatic rings. The predicted molar refractivity (Wildman–Crippen MR) is 66.1 cm³/mol. The van der Waals surface area contributed by atoms with E-state index >= 15 is 0 Å². The number of unbranched alkanes of at least 4 members (excludes halogenated alkanes) is 1. The standard InChI is InChI=1S/C10H14O7S2/c11-6-2-1-3-8-4-5-9(18(12,13)14)7-10(8)19(15,16)17/h4-5,7,11H,1-3,6H2,(H,12,13,14)(H,15,16,17). The van der Waals surface area contributed by atoms with Gasteiger partial charge < -0.3 is 5.11 Å². The van der Waals surface area contributed by atoms with Crippen molar-refractivity contribution in [3.63, 3.8) is 0 Å². The van der Waals surface area contributed by atoms with Gasteiger partial charge in [-0.2, -0.15) is 16.8 Å². The van der Waals surface area contributed by atoms with Crippen molar-refractivity contribution in [2.45, 2.75) is 29.1 Å². The molecule has 3 N–H and O–H groups in total. The molecule has 0 amide bonds. The molecule has 0 unspecified atom stereocenters. The monoisotopic (exact) mass is 310 g/mol. The van der Waals surface area contributed by atoms with Gasteiger partial charge in [-0.25, -0.2) is 0 Å². The van der Waals surface area contributed by atoms with E-state index in [1.54, 1.807) is 0 Å². The highest BCUT2D eigenvalue weighted by Gasteiger charge is 2.19. The summed E-state index contributed by atoms with van der Waals surface area (Å²) in [5.74, 6) is 0. The fraction of sp³-hybridized carbons (Fsp3) is 0.400. The minimum absolute atomic E-state index is 0.0513. The zero-order chi connectivity index (χ0) is 14.7. The molecule has 1 aromatic carbocycles. The molecule has 0 radical (unpaired) electrons. The second-order valence-electron chi connectivity index (χ2n) is 3.90. The van der Waals surface area contributed by atoms with Crippen LogP contribution in [0.25, 0.3) is 0 Å². The van der Waals surface area contributed by atoms with Gasteiger partial charge in [0.05, 0.1) is 9.79 Å². The van der Waals surface area contributed by atoms with Gasteiger partial charge in [0.25, 0.3) is 20.2 Å². The van der Waals surface area contributed by atoms with Crippen LogP contribution in [0.3, 0.4) is 0 Å². The zero-order valence-corrected chi connectivity index (χ0v) is 11.5. The van der Waals surface area contributed by atoms with Crippen molar-refractivity contribution in [1.29, 1.82) is 0 Å². The van der Waals surface area contributed by atoms with Crippen LogP contribution in [0.1, 0.15) is 18.4 Å². The summed E-state index contributed by atoms with van der Waals surface area (Å²) in [6, 6.07) is 2.97. The normalized spacial score (nSPS) is 12.6. The van der Waals surface area contributed by atoms with Crippen molar-refractivity contribution in [3.05, 3.63) is 23.8 Å². The Morgan fingerprint density at radius 3 is 2.05 bits per heavy atom. The molecular formula is C10H14O7S2. The number of aryl methyl sites for hydroxylation is 1. The second-order valence-corrected chi connectivity index (χ2v) is 6.71. The second kappa shape index (κ2) is 5.97. The van der Waals surface area contributed by atoms with E-state index in [0.29, 0.717) is 18.9 Å². The van der Waals surface area contributed by atoms with E-state index in [2.05, 4.69) is 0 Å². The van der Waals surface area contributed by atoms with Crippen LogP contribution in [0.15, 0.2) is 28.0 Å². The molecule has 7 nitrogen and oxygen atoms in total. The first-order chi connectivity index (χ1) is 8.66. The average Bonchev–Trinajstić information content (AvgIpc) is 2.27. The molecule has 0 aromatic heterocycles. The summed E-state index contributed by atoms with van der Waals surface area (Å²) in [6.45, 7) is -0.0513. The lowest BCUT2D eigenvalue weighted by molar-refractivity contribution is 0.284. The third kappa shape index (κ3) is 4.55. The van der Waals surface area contributed by atoms with Gasteiger partial charge in [0.15, 0.2) is 0 Å². The van der Waals surface area contributed by atoms with Gasteiger partial charge >= 0.3 is 0 Å². The summed E-state index contributed by atoms with van der Waals surface area (Å²) in [6.07, 6.45) is 1.18. The van der Waals surface area contributed by atoms with Gasteiger partial charge in [-0.1, -0.05) is 6.07 Å². The first-order valence-corrected chi connectivity index (χ1v) is 8.23. The van der Waals surface area contributed by atoms with Crippen LogP contribution < -0.4 is 0 Å². The van der Waals surface area contributed by atoms with E-state index < -0.39 is 30.0 Å². The van der Waals surface area contributed by atoms with Crippen molar-refractivity contribution in [2.24, 2.45) is 0 Å². The molecule has 1 rings (SSSR count). The summed E-state index contributed by atoms with van der Waals surface area (Å²) in [5, 5.41) is 8.64. The largest absolute Gasteiger partial charge is 0.396 e. The molecule has 0 saturated carbocycles. The minimum atomic E-state index is -4.59. The van der Waals surface area contributed by atoms with Crippen LogP contribution in [0.5, 0.6) is 0 Å². The van der Waals surface area contributed by atoms with E-state index in [0.717, 1.165) is 6.07 Å². The molecule has 0 fully saturated rings. The van der Waals surface area contributed by atoms with Crippen molar-refractivity contribution >= 4 is 20.2 Å². The molecule has 19 heavy (non-hydrogen) atoms. The highest BCUT2D eigenvalue weighted by Crippen LogP contribution is 2.22.